The van der Waals surface area contributed by atoms with Crippen LogP contribution in [-0.2, 0) is 15.6 Å². The fourth-order valence-corrected chi connectivity index (χ4v) is 3.87. The molecule has 0 fully saturated rings. The topological polar surface area (TPSA) is 49.4 Å². The van der Waals surface area contributed by atoms with Crippen LogP contribution in [0.1, 0.15) is 18.4 Å². The molecule has 2 rings (SSSR count). The molecule has 0 aromatic heterocycles. The van der Waals surface area contributed by atoms with Crippen LogP contribution >= 0.6 is 15.9 Å². The summed E-state index contributed by atoms with van der Waals surface area (Å²) in [6.45, 7) is 2.02. The summed E-state index contributed by atoms with van der Waals surface area (Å²) in [5.41, 5.74) is 3.03. The number of hydrogen-bond acceptors (Lipinski definition) is 3. The molecule has 0 aliphatic rings. The van der Waals surface area contributed by atoms with Crippen LogP contribution in [0.2, 0.25) is 0 Å². The van der Waals surface area contributed by atoms with Crippen molar-refractivity contribution in [1.82, 2.24) is 0 Å². The van der Waals surface area contributed by atoms with Crippen LogP contribution in [0.3, 0.4) is 0 Å². The lowest BCUT2D eigenvalue weighted by molar-refractivity contribution is -0.116. The molecular weight excluding hydrogens is 400 g/mol. The van der Waals surface area contributed by atoms with E-state index in [1.165, 1.54) is 0 Å². The van der Waals surface area contributed by atoms with Crippen molar-refractivity contribution >= 4 is 44.0 Å². The molecule has 1 atom stereocenters. The molecule has 0 spiro atoms. The van der Waals surface area contributed by atoms with E-state index in [-0.39, 0.29) is 5.91 Å². The molecule has 2 aromatic carbocycles. The van der Waals surface area contributed by atoms with Crippen molar-refractivity contribution in [2.45, 2.75) is 24.7 Å². The quantitative estimate of drug-likeness (QED) is 0.721. The van der Waals surface area contributed by atoms with Gasteiger partial charge in [-0.25, -0.2) is 0 Å². The summed E-state index contributed by atoms with van der Waals surface area (Å²) in [5, 5.41) is 2.91. The van der Waals surface area contributed by atoms with Gasteiger partial charge in [-0.1, -0.05) is 15.9 Å². The van der Waals surface area contributed by atoms with Crippen LogP contribution in [0.5, 0.6) is 0 Å². The van der Waals surface area contributed by atoms with Gasteiger partial charge in [0.1, 0.15) is 0 Å². The third-order valence-electron chi connectivity index (χ3n) is 3.77. The Morgan fingerprint density at radius 3 is 2.44 bits per heavy atom. The van der Waals surface area contributed by atoms with Gasteiger partial charge >= 0.3 is 0 Å². The predicted octanol–water partition coefficient (Wildman–Crippen LogP) is 4.35. The largest absolute Gasteiger partial charge is 0.377 e. The van der Waals surface area contributed by atoms with Gasteiger partial charge in [0, 0.05) is 47.0 Å². The maximum atomic E-state index is 12.2. The van der Waals surface area contributed by atoms with Crippen LogP contribution in [0, 0.1) is 6.92 Å². The zero-order chi connectivity index (χ0) is 18.4. The van der Waals surface area contributed by atoms with Gasteiger partial charge in [-0.15, -0.1) is 0 Å². The van der Waals surface area contributed by atoms with Gasteiger partial charge in [0.15, 0.2) is 0 Å². The summed E-state index contributed by atoms with van der Waals surface area (Å²) in [7, 11) is 2.91. The number of hydrogen-bond donors (Lipinski definition) is 1. The highest BCUT2D eigenvalue weighted by molar-refractivity contribution is 9.10. The average Bonchev–Trinajstić information content (AvgIpc) is 2.55. The van der Waals surface area contributed by atoms with Gasteiger partial charge in [0.25, 0.3) is 0 Å². The third kappa shape index (κ3) is 5.97. The second-order valence-corrected chi connectivity index (χ2v) is 8.54. The Morgan fingerprint density at radius 2 is 1.84 bits per heavy atom. The van der Waals surface area contributed by atoms with E-state index in [2.05, 4.69) is 21.2 Å². The molecule has 2 aromatic rings. The van der Waals surface area contributed by atoms with Gasteiger partial charge in [-0.2, -0.15) is 0 Å². The van der Waals surface area contributed by atoms with E-state index >= 15 is 0 Å². The van der Waals surface area contributed by atoms with E-state index in [4.69, 9.17) is 0 Å². The number of aryl methyl sites for hydroxylation is 1. The van der Waals surface area contributed by atoms with Gasteiger partial charge in [-0.05, 0) is 61.4 Å². The lowest BCUT2D eigenvalue weighted by atomic mass is 10.1. The van der Waals surface area contributed by atoms with Crippen LogP contribution < -0.4 is 10.2 Å². The minimum Gasteiger partial charge on any atom is -0.377 e. The van der Waals surface area contributed by atoms with Crippen LogP contribution in [0.15, 0.2) is 51.8 Å². The van der Waals surface area contributed by atoms with Crippen molar-refractivity contribution < 1.29 is 9.00 Å². The van der Waals surface area contributed by atoms with E-state index in [9.17, 15) is 9.00 Å². The smallest absolute Gasteiger partial charge is 0.224 e. The standard InChI is InChI=1S/C19H23BrN2O2S/c1-14-13-16(8-11-18(14)22(2)3)21-19(23)5-4-12-25(24)17-9-6-15(20)7-10-17/h6-11,13H,4-5,12H2,1-3H3,(H,21,23). The number of carbonyl (C=O) groups is 1. The molecule has 25 heavy (non-hydrogen) atoms. The highest BCUT2D eigenvalue weighted by Gasteiger charge is 2.08. The van der Waals surface area contributed by atoms with Crippen molar-refractivity contribution in [1.29, 1.82) is 0 Å². The van der Waals surface area contributed by atoms with Crippen LogP contribution in [-0.4, -0.2) is 30.0 Å². The first-order valence-electron chi connectivity index (χ1n) is 8.08. The molecule has 0 aliphatic heterocycles. The third-order valence-corrected chi connectivity index (χ3v) is 5.76. The number of anilines is 2. The molecular formula is C19H23BrN2O2S. The first-order valence-corrected chi connectivity index (χ1v) is 10.2. The molecule has 0 radical (unpaired) electrons. The Kier molecular flexibility index (Phi) is 7.20. The number of nitrogens with zero attached hydrogens (tertiary/aromatic N) is 1. The number of carbonyl (C=O) groups excluding carboxylic acids is 1. The maximum absolute atomic E-state index is 12.2. The van der Waals surface area contributed by atoms with Crippen molar-refractivity contribution in [3.63, 3.8) is 0 Å². The van der Waals surface area contributed by atoms with Gasteiger partial charge < -0.3 is 10.2 Å². The summed E-state index contributed by atoms with van der Waals surface area (Å²) >= 11 is 3.36. The second-order valence-electron chi connectivity index (χ2n) is 6.05. The molecule has 1 amide bonds. The highest BCUT2D eigenvalue weighted by Crippen LogP contribution is 2.22. The van der Waals surface area contributed by atoms with E-state index in [1.54, 1.807) is 0 Å². The lowest BCUT2D eigenvalue weighted by Crippen LogP contribution is -2.14. The monoisotopic (exact) mass is 422 g/mol. The van der Waals surface area contributed by atoms with E-state index in [0.29, 0.717) is 18.6 Å². The Balaban J connectivity index is 1.81. The first-order chi connectivity index (χ1) is 11.9. The molecule has 6 heteroatoms. The summed E-state index contributed by atoms with van der Waals surface area (Å²) in [4.78, 5) is 14.9. The summed E-state index contributed by atoms with van der Waals surface area (Å²) in [6.07, 6.45) is 0.944. The molecule has 134 valence electrons. The SMILES string of the molecule is Cc1cc(NC(=O)CCCS(=O)c2ccc(Br)cc2)ccc1N(C)C. The number of amides is 1. The molecule has 0 saturated carbocycles. The molecule has 1 unspecified atom stereocenters. The molecule has 1 N–H and O–H groups in total. The van der Waals surface area contributed by atoms with Gasteiger partial charge in [-0.3, -0.25) is 9.00 Å². The molecule has 0 heterocycles. The predicted molar refractivity (Wildman–Crippen MR) is 109 cm³/mol. The normalized spacial score (nSPS) is 11.8. The molecule has 4 nitrogen and oxygen atoms in total. The minimum absolute atomic E-state index is 0.0511. The zero-order valence-corrected chi connectivity index (χ0v) is 17.1. The zero-order valence-electron chi connectivity index (χ0n) is 14.7. The first kappa shape index (κ1) is 19.7. The molecule has 0 bridgehead atoms. The number of nitrogens with one attached hydrogen (secondary N) is 1. The van der Waals surface area contributed by atoms with Crippen molar-refractivity contribution in [2.24, 2.45) is 0 Å². The molecule has 0 saturated heterocycles. The number of benzene rings is 2. The summed E-state index contributed by atoms with van der Waals surface area (Å²) < 4.78 is 13.2. The Morgan fingerprint density at radius 1 is 1.16 bits per heavy atom. The molecule has 0 aliphatic carbocycles. The summed E-state index contributed by atoms with van der Waals surface area (Å²) in [5.74, 6) is 0.429. The van der Waals surface area contributed by atoms with E-state index < -0.39 is 10.8 Å². The maximum Gasteiger partial charge on any atom is 0.224 e. The number of halogens is 1. The Bertz CT molecular complexity index is 761. The van der Waals surface area contributed by atoms with Crippen molar-refractivity contribution in [2.75, 3.05) is 30.1 Å². The van der Waals surface area contributed by atoms with Crippen LogP contribution in [0.4, 0.5) is 11.4 Å². The van der Waals surface area contributed by atoms with Crippen molar-refractivity contribution in [3.05, 3.63) is 52.5 Å². The average molecular weight is 423 g/mol. The minimum atomic E-state index is -1.07. The summed E-state index contributed by atoms with van der Waals surface area (Å²) in [6, 6.07) is 13.3. The van der Waals surface area contributed by atoms with Gasteiger partial charge in [0.2, 0.25) is 5.91 Å². The lowest BCUT2D eigenvalue weighted by Gasteiger charge is -2.16. The van der Waals surface area contributed by atoms with E-state index in [0.717, 1.165) is 26.3 Å². The highest BCUT2D eigenvalue weighted by atomic mass is 79.9. The van der Waals surface area contributed by atoms with Crippen LogP contribution in [0.25, 0.3) is 0 Å². The number of rotatable bonds is 7. The van der Waals surface area contributed by atoms with Crippen molar-refractivity contribution in [3.8, 4) is 0 Å². The van der Waals surface area contributed by atoms with E-state index in [1.807, 2.05) is 68.4 Å². The Labute approximate surface area is 160 Å². The second kappa shape index (κ2) is 9.15. The van der Waals surface area contributed by atoms with Gasteiger partial charge in [0.05, 0.1) is 10.8 Å². The Hall–Kier alpha value is -1.66. The fraction of sp³-hybridized carbons (Fsp3) is 0.316. The fourth-order valence-electron chi connectivity index (χ4n) is 2.53.